The van der Waals surface area contributed by atoms with Gasteiger partial charge in [0.15, 0.2) is 5.82 Å². The molecule has 0 amide bonds. The molecule has 102 valence electrons. The molecule has 4 nitrogen and oxygen atoms in total. The van der Waals surface area contributed by atoms with Gasteiger partial charge in [0.25, 0.3) is 0 Å². The zero-order valence-electron chi connectivity index (χ0n) is 11.0. The van der Waals surface area contributed by atoms with Crippen LogP contribution in [0.3, 0.4) is 0 Å². The minimum Gasteiger partial charge on any atom is -0.382 e. The van der Waals surface area contributed by atoms with Gasteiger partial charge in [0.2, 0.25) is 0 Å². The van der Waals surface area contributed by atoms with Gasteiger partial charge in [-0.15, -0.1) is 0 Å². The van der Waals surface area contributed by atoms with Crippen LogP contribution >= 0.6 is 11.6 Å². The van der Waals surface area contributed by atoms with E-state index in [1.54, 1.807) is 6.07 Å². The molecular formula is C13H16ClFN4. The minimum absolute atomic E-state index is 0.177. The van der Waals surface area contributed by atoms with Gasteiger partial charge in [0.05, 0.1) is 10.6 Å². The molecule has 19 heavy (non-hydrogen) atoms. The first kappa shape index (κ1) is 13.7. The van der Waals surface area contributed by atoms with Crippen molar-refractivity contribution in [3.63, 3.8) is 0 Å². The van der Waals surface area contributed by atoms with E-state index in [9.17, 15) is 4.39 Å². The summed E-state index contributed by atoms with van der Waals surface area (Å²) in [7, 11) is 0. The highest BCUT2D eigenvalue weighted by Gasteiger charge is 2.26. The third-order valence-electron chi connectivity index (χ3n) is 2.82. The summed E-state index contributed by atoms with van der Waals surface area (Å²) in [5, 5.41) is 0.255. The third-order valence-corrected chi connectivity index (χ3v) is 3.13. The SMILES string of the molecule is CC(C)(C)c1nc(-c2c(F)cccc2Cl)c(N)n1N. The first-order chi connectivity index (χ1) is 8.73. The quantitative estimate of drug-likeness (QED) is 0.790. The van der Waals surface area contributed by atoms with Gasteiger partial charge in [-0.05, 0) is 12.1 Å². The van der Waals surface area contributed by atoms with Crippen molar-refractivity contribution in [2.75, 3.05) is 11.6 Å². The Morgan fingerprint density at radius 3 is 2.42 bits per heavy atom. The Morgan fingerprint density at radius 1 is 1.32 bits per heavy atom. The molecule has 1 aromatic carbocycles. The predicted octanol–water partition coefficient (Wildman–Crippen LogP) is 2.94. The number of rotatable bonds is 1. The summed E-state index contributed by atoms with van der Waals surface area (Å²) in [5.74, 6) is 6.18. The molecule has 6 heteroatoms. The second-order valence-corrected chi connectivity index (χ2v) is 5.79. The standard InChI is InChI=1S/C13H16ClFN4/c1-13(2,3)12-18-10(11(16)19(12)17)9-7(14)5-4-6-8(9)15/h4-6H,16-17H2,1-3H3. The Kier molecular flexibility index (Phi) is 3.18. The maximum atomic E-state index is 13.9. The molecule has 0 atom stereocenters. The third kappa shape index (κ3) is 2.26. The first-order valence-electron chi connectivity index (χ1n) is 5.81. The summed E-state index contributed by atoms with van der Waals surface area (Å²) in [5.41, 5.74) is 6.06. The number of imidazole rings is 1. The van der Waals surface area contributed by atoms with Crippen LogP contribution < -0.4 is 11.6 Å². The van der Waals surface area contributed by atoms with E-state index in [1.165, 1.54) is 16.8 Å². The maximum absolute atomic E-state index is 13.9. The second kappa shape index (κ2) is 4.42. The highest BCUT2D eigenvalue weighted by molar-refractivity contribution is 6.33. The Labute approximate surface area is 116 Å². The van der Waals surface area contributed by atoms with Crippen molar-refractivity contribution in [3.05, 3.63) is 34.9 Å². The van der Waals surface area contributed by atoms with Crippen LogP contribution in [0.5, 0.6) is 0 Å². The van der Waals surface area contributed by atoms with Crippen molar-refractivity contribution >= 4 is 17.4 Å². The smallest absolute Gasteiger partial charge is 0.151 e. The number of aromatic nitrogens is 2. The monoisotopic (exact) mass is 282 g/mol. The van der Waals surface area contributed by atoms with Crippen molar-refractivity contribution < 1.29 is 4.39 Å². The number of nitrogens with zero attached hydrogens (tertiary/aromatic N) is 2. The molecular weight excluding hydrogens is 267 g/mol. The van der Waals surface area contributed by atoms with Gasteiger partial charge < -0.3 is 11.6 Å². The first-order valence-corrected chi connectivity index (χ1v) is 6.19. The number of anilines is 1. The average Bonchev–Trinajstić information content (AvgIpc) is 2.57. The number of nitrogen functional groups attached to an aromatic ring is 2. The van der Waals surface area contributed by atoms with Gasteiger partial charge in [0.1, 0.15) is 17.3 Å². The highest BCUT2D eigenvalue weighted by atomic mass is 35.5. The Bertz CT molecular complexity index is 608. The summed E-state index contributed by atoms with van der Waals surface area (Å²) < 4.78 is 15.2. The summed E-state index contributed by atoms with van der Waals surface area (Å²) >= 11 is 6.03. The van der Waals surface area contributed by atoms with Crippen LogP contribution in [-0.2, 0) is 5.41 Å². The molecule has 4 N–H and O–H groups in total. The molecule has 0 aliphatic carbocycles. The van der Waals surface area contributed by atoms with Gasteiger partial charge in [-0.3, -0.25) is 0 Å². The van der Waals surface area contributed by atoms with Crippen molar-refractivity contribution in [3.8, 4) is 11.3 Å². The summed E-state index contributed by atoms with van der Waals surface area (Å²) in [6, 6.07) is 4.43. The Morgan fingerprint density at radius 2 is 1.95 bits per heavy atom. The minimum atomic E-state index is -0.474. The second-order valence-electron chi connectivity index (χ2n) is 5.39. The lowest BCUT2D eigenvalue weighted by Crippen LogP contribution is -2.24. The maximum Gasteiger partial charge on any atom is 0.151 e. The lowest BCUT2D eigenvalue weighted by molar-refractivity contribution is 0.532. The zero-order chi connectivity index (χ0) is 14.4. The fraction of sp³-hybridized carbons (Fsp3) is 0.308. The van der Waals surface area contributed by atoms with E-state index in [1.807, 2.05) is 20.8 Å². The van der Waals surface area contributed by atoms with Crippen LogP contribution in [0.15, 0.2) is 18.2 Å². The van der Waals surface area contributed by atoms with Crippen LogP contribution in [0.25, 0.3) is 11.3 Å². The molecule has 0 bridgehead atoms. The topological polar surface area (TPSA) is 69.9 Å². The molecule has 1 heterocycles. The van der Waals surface area contributed by atoms with Crippen LogP contribution in [0, 0.1) is 5.82 Å². The summed E-state index contributed by atoms with van der Waals surface area (Å²) in [4.78, 5) is 4.36. The molecule has 0 spiro atoms. The Hall–Kier alpha value is -1.75. The summed E-state index contributed by atoms with van der Waals surface area (Å²) in [6.45, 7) is 5.85. The van der Waals surface area contributed by atoms with E-state index >= 15 is 0 Å². The molecule has 2 rings (SSSR count). The zero-order valence-corrected chi connectivity index (χ0v) is 11.8. The highest BCUT2D eigenvalue weighted by Crippen LogP contribution is 2.35. The van der Waals surface area contributed by atoms with Crippen LogP contribution in [0.4, 0.5) is 10.2 Å². The van der Waals surface area contributed by atoms with E-state index in [0.29, 0.717) is 5.82 Å². The van der Waals surface area contributed by atoms with E-state index in [-0.39, 0.29) is 27.5 Å². The van der Waals surface area contributed by atoms with E-state index in [4.69, 9.17) is 23.2 Å². The normalized spacial score (nSPS) is 11.8. The lowest BCUT2D eigenvalue weighted by atomic mass is 9.96. The molecule has 2 aromatic rings. The molecule has 1 aromatic heterocycles. The number of hydrogen-bond donors (Lipinski definition) is 2. The van der Waals surface area contributed by atoms with Crippen molar-refractivity contribution in [2.45, 2.75) is 26.2 Å². The fourth-order valence-electron chi connectivity index (χ4n) is 1.88. The van der Waals surface area contributed by atoms with Gasteiger partial charge in [-0.2, -0.15) is 0 Å². The molecule has 0 aliphatic rings. The number of benzene rings is 1. The fourth-order valence-corrected chi connectivity index (χ4v) is 2.13. The van der Waals surface area contributed by atoms with Gasteiger partial charge in [-0.1, -0.05) is 38.4 Å². The van der Waals surface area contributed by atoms with Crippen LogP contribution in [0.1, 0.15) is 26.6 Å². The van der Waals surface area contributed by atoms with Gasteiger partial charge in [-0.25, -0.2) is 14.1 Å². The van der Waals surface area contributed by atoms with Gasteiger partial charge >= 0.3 is 0 Å². The molecule has 0 radical (unpaired) electrons. The van der Waals surface area contributed by atoms with E-state index < -0.39 is 5.82 Å². The number of nitrogens with two attached hydrogens (primary N) is 2. The van der Waals surface area contributed by atoms with E-state index in [0.717, 1.165) is 0 Å². The van der Waals surface area contributed by atoms with Crippen LogP contribution in [-0.4, -0.2) is 9.66 Å². The van der Waals surface area contributed by atoms with E-state index in [2.05, 4.69) is 4.98 Å². The van der Waals surface area contributed by atoms with Gasteiger partial charge in [0, 0.05) is 5.41 Å². The molecule has 0 fully saturated rings. The van der Waals surface area contributed by atoms with Crippen molar-refractivity contribution in [2.24, 2.45) is 0 Å². The van der Waals surface area contributed by atoms with Crippen LogP contribution in [0.2, 0.25) is 5.02 Å². The predicted molar refractivity (Wildman–Crippen MR) is 75.9 cm³/mol. The molecule has 0 saturated carbocycles. The average molecular weight is 283 g/mol. The number of halogens is 2. The molecule has 0 aliphatic heterocycles. The molecule has 0 saturated heterocycles. The Balaban J connectivity index is 2.72. The lowest BCUT2D eigenvalue weighted by Gasteiger charge is -2.17. The number of hydrogen-bond acceptors (Lipinski definition) is 3. The van der Waals surface area contributed by atoms with Crippen molar-refractivity contribution in [1.29, 1.82) is 0 Å². The van der Waals surface area contributed by atoms with Crippen molar-refractivity contribution in [1.82, 2.24) is 9.66 Å². The molecule has 0 unspecified atom stereocenters. The largest absolute Gasteiger partial charge is 0.382 e. The summed E-state index contributed by atoms with van der Waals surface area (Å²) in [6.07, 6.45) is 0.